The van der Waals surface area contributed by atoms with Crippen LogP contribution in [0, 0.1) is 5.92 Å². The molecule has 0 aromatic heterocycles. The fraction of sp³-hybridized carbons (Fsp3) is 0.444. The average molecular weight is 142 g/mol. The monoisotopic (exact) mass is 142 g/mol. The molecule has 0 aliphatic carbocycles. The molecule has 1 unspecified atom stereocenters. The van der Waals surface area contributed by atoms with Gasteiger partial charge < -0.3 is 0 Å². The van der Waals surface area contributed by atoms with Crippen molar-refractivity contribution in [2.24, 2.45) is 5.92 Å². The molecule has 0 bridgehead atoms. The van der Waals surface area contributed by atoms with Gasteiger partial charge in [-0.15, -0.1) is 0 Å². The number of hydrogen-bond acceptors (Lipinski definition) is 0. The van der Waals surface area contributed by atoms with Crippen LogP contribution in [0.4, 0.5) is 0 Å². The molecule has 1 aliphatic rings. The Morgan fingerprint density at radius 3 is 2.91 bits per heavy atom. The summed E-state index contributed by atoms with van der Waals surface area (Å²) < 4.78 is 0. The summed E-state index contributed by atoms with van der Waals surface area (Å²) in [6, 6.07) is 0. The predicted octanol–water partition coefficient (Wildman–Crippen LogP) is 1.49. The predicted molar refractivity (Wildman–Crippen MR) is 53.2 cm³/mol. The fourth-order valence-corrected chi connectivity index (χ4v) is 1.18. The van der Waals surface area contributed by atoms with Gasteiger partial charge in [0.15, 0.2) is 0 Å². The Kier molecular flexibility index (Phi) is 2.92. The van der Waals surface area contributed by atoms with E-state index in [0.29, 0.717) is 5.92 Å². The third kappa shape index (κ3) is 1.95. The van der Waals surface area contributed by atoms with Gasteiger partial charge in [0.2, 0.25) is 0 Å². The van der Waals surface area contributed by atoms with Gasteiger partial charge in [0.05, 0.1) is 0 Å². The Hall–Kier alpha value is -0.520. The number of hydrogen-bond donors (Lipinski definition) is 0. The topological polar surface area (TPSA) is 0 Å². The molecule has 2 heteroatoms. The molecular weight excluding hydrogens is 130 g/mol. The fourth-order valence-electron chi connectivity index (χ4n) is 1.18. The third-order valence-corrected chi connectivity index (χ3v) is 2.14. The Morgan fingerprint density at radius 1 is 1.64 bits per heavy atom. The Bertz CT molecular complexity index is 214. The molecule has 0 saturated heterocycles. The van der Waals surface area contributed by atoms with Crippen molar-refractivity contribution in [3.63, 3.8) is 0 Å². The van der Waals surface area contributed by atoms with E-state index in [9.17, 15) is 0 Å². The third-order valence-electron chi connectivity index (χ3n) is 2.14. The van der Waals surface area contributed by atoms with Crippen molar-refractivity contribution in [2.75, 3.05) is 0 Å². The van der Waals surface area contributed by atoms with Crippen LogP contribution in [-0.2, 0) is 0 Å². The van der Waals surface area contributed by atoms with E-state index in [1.54, 1.807) is 0 Å². The summed E-state index contributed by atoms with van der Waals surface area (Å²) in [4.78, 5) is 0. The van der Waals surface area contributed by atoms with E-state index in [-0.39, 0.29) is 0 Å². The summed E-state index contributed by atoms with van der Waals surface area (Å²) in [6.07, 6.45) is 5.29. The number of rotatable bonds is 2. The van der Waals surface area contributed by atoms with E-state index < -0.39 is 0 Å². The van der Waals surface area contributed by atoms with E-state index in [4.69, 9.17) is 7.49 Å². The average Bonchev–Trinajstić information content (AvgIpc) is 2.04. The molecule has 1 atom stereocenters. The van der Waals surface area contributed by atoms with Crippen LogP contribution in [0.25, 0.3) is 0 Å². The van der Waals surface area contributed by atoms with E-state index in [1.807, 2.05) is 19.3 Å². The second kappa shape index (κ2) is 3.75. The molecule has 2 radical (unpaired) electrons. The Labute approximate surface area is 70.7 Å². The molecule has 1 heterocycles. The van der Waals surface area contributed by atoms with Crippen LogP contribution in [0.3, 0.4) is 0 Å². The van der Waals surface area contributed by atoms with Crippen LogP contribution < -0.4 is 0 Å². The van der Waals surface area contributed by atoms with Gasteiger partial charge >= 0.3 is 70.0 Å². The van der Waals surface area contributed by atoms with Crippen molar-refractivity contribution in [1.82, 2.24) is 0 Å². The van der Waals surface area contributed by atoms with Crippen molar-refractivity contribution in [1.29, 1.82) is 0 Å². The first-order valence-corrected chi connectivity index (χ1v) is 4.10. The van der Waals surface area contributed by atoms with Gasteiger partial charge in [-0.2, -0.15) is 0 Å². The molecule has 0 saturated carbocycles. The molecule has 1 aliphatic heterocycles. The van der Waals surface area contributed by atoms with Crippen LogP contribution in [-0.4, -0.2) is 20.1 Å². The molecule has 0 nitrogen and oxygen atoms in total. The SMILES string of the molecule is [B]=C1[B]C=CC=C1C(C)CC. The Morgan fingerprint density at radius 2 is 2.36 bits per heavy atom. The molecule has 0 amide bonds. The van der Waals surface area contributed by atoms with Gasteiger partial charge in [-0.25, -0.2) is 0 Å². The van der Waals surface area contributed by atoms with E-state index in [2.05, 4.69) is 19.9 Å². The van der Waals surface area contributed by atoms with Crippen LogP contribution in [0.2, 0.25) is 0 Å². The minimum absolute atomic E-state index is 0.580. The maximum atomic E-state index is 5.80. The van der Waals surface area contributed by atoms with Crippen LogP contribution in [0.1, 0.15) is 20.3 Å². The minimum atomic E-state index is 0.580. The summed E-state index contributed by atoms with van der Waals surface area (Å²) >= 11 is 0. The summed E-state index contributed by atoms with van der Waals surface area (Å²) in [6.45, 7) is 4.38. The molecule has 54 valence electrons. The summed E-state index contributed by atoms with van der Waals surface area (Å²) in [5.41, 5.74) is 1.27. The van der Waals surface area contributed by atoms with Gasteiger partial charge in [0.1, 0.15) is 0 Å². The van der Waals surface area contributed by atoms with Crippen molar-refractivity contribution >= 4 is 20.1 Å². The number of allylic oxidation sites excluding steroid dienone is 3. The molecule has 0 aromatic carbocycles. The first-order chi connectivity index (χ1) is 5.25. The first kappa shape index (κ1) is 8.58. The van der Waals surface area contributed by atoms with Crippen molar-refractivity contribution in [3.8, 4) is 0 Å². The van der Waals surface area contributed by atoms with E-state index in [1.165, 1.54) is 5.57 Å². The zero-order valence-electron chi connectivity index (χ0n) is 7.17. The summed E-state index contributed by atoms with van der Waals surface area (Å²) in [7, 11) is 7.76. The molecule has 11 heavy (non-hydrogen) atoms. The standard InChI is InChI=1S/C9H12B2/c1-3-7(2)8-5-4-6-11-9(8)10/h4-7H,3H2,1-2H3. The zero-order chi connectivity index (χ0) is 8.27. The van der Waals surface area contributed by atoms with Crippen molar-refractivity contribution in [2.45, 2.75) is 20.3 Å². The molecule has 0 fully saturated rings. The van der Waals surface area contributed by atoms with Crippen molar-refractivity contribution < 1.29 is 0 Å². The van der Waals surface area contributed by atoms with Crippen LogP contribution in [0.15, 0.2) is 23.7 Å². The van der Waals surface area contributed by atoms with Crippen molar-refractivity contribution in [3.05, 3.63) is 23.7 Å². The second-order valence-corrected chi connectivity index (χ2v) is 2.94. The van der Waals surface area contributed by atoms with E-state index in [0.717, 1.165) is 11.8 Å². The van der Waals surface area contributed by atoms with Crippen LogP contribution >= 0.6 is 0 Å². The maximum absolute atomic E-state index is 5.80. The van der Waals surface area contributed by atoms with E-state index >= 15 is 0 Å². The molecule has 1 rings (SSSR count). The quantitative estimate of drug-likeness (QED) is 0.512. The summed E-state index contributed by atoms with van der Waals surface area (Å²) in [5, 5.41) is 0.918. The van der Waals surface area contributed by atoms with Gasteiger partial charge in [0.25, 0.3) is 0 Å². The zero-order valence-corrected chi connectivity index (χ0v) is 7.17. The van der Waals surface area contributed by atoms with Gasteiger partial charge in [-0.05, 0) is 0 Å². The van der Waals surface area contributed by atoms with Crippen LogP contribution in [0.5, 0.6) is 0 Å². The normalized spacial score (nSPS) is 19.0. The van der Waals surface area contributed by atoms with Gasteiger partial charge in [-0.1, -0.05) is 0 Å². The van der Waals surface area contributed by atoms with Gasteiger partial charge in [-0.3, -0.25) is 0 Å². The second-order valence-electron chi connectivity index (χ2n) is 2.94. The molecular formula is C9H12B2. The Balaban J connectivity index is 2.75. The molecule has 0 N–H and O–H groups in total. The molecule has 0 aromatic rings. The summed E-state index contributed by atoms with van der Waals surface area (Å²) in [5.74, 6) is 2.55. The molecule has 0 spiro atoms. The first-order valence-electron chi connectivity index (χ1n) is 4.10. The van der Waals surface area contributed by atoms with Gasteiger partial charge in [0, 0.05) is 0 Å².